The molecule has 2 amide bonds. The molecule has 1 saturated carbocycles. The molecule has 3 rings (SSSR count). The standard InChI is InChI=1S/C18H21NO4S/c1-23-14-9-5-8-13(16(14)20)10-15-17(21)19(18(22)24-15)11-12-6-3-2-4-7-12/h5,8-10,12,20H,2-4,6-7,11H2,1H3/b15-10-. The average Bonchev–Trinajstić information content (AvgIpc) is 2.85. The van der Waals surface area contributed by atoms with Crippen molar-refractivity contribution in [3.05, 3.63) is 28.7 Å². The van der Waals surface area contributed by atoms with Crippen molar-refractivity contribution in [2.45, 2.75) is 32.1 Å². The van der Waals surface area contributed by atoms with E-state index in [-0.39, 0.29) is 16.9 Å². The van der Waals surface area contributed by atoms with Gasteiger partial charge in [0, 0.05) is 12.1 Å². The predicted octanol–water partition coefficient (Wildman–Crippen LogP) is 4.02. The van der Waals surface area contributed by atoms with Crippen molar-refractivity contribution >= 4 is 29.0 Å². The van der Waals surface area contributed by atoms with Crippen LogP contribution in [0.2, 0.25) is 0 Å². The maximum atomic E-state index is 12.6. The second kappa shape index (κ2) is 7.30. The van der Waals surface area contributed by atoms with Crippen molar-refractivity contribution in [1.29, 1.82) is 0 Å². The highest BCUT2D eigenvalue weighted by atomic mass is 32.2. The molecule has 1 aromatic carbocycles. The van der Waals surface area contributed by atoms with Crippen LogP contribution in [0.5, 0.6) is 11.5 Å². The first kappa shape index (κ1) is 16.9. The van der Waals surface area contributed by atoms with E-state index in [1.165, 1.54) is 31.3 Å². The molecule has 0 radical (unpaired) electrons. The molecule has 1 aromatic rings. The number of methoxy groups -OCH3 is 1. The molecule has 6 heteroatoms. The number of carbonyl (C=O) groups excluding carboxylic acids is 2. The predicted molar refractivity (Wildman–Crippen MR) is 93.9 cm³/mol. The minimum Gasteiger partial charge on any atom is -0.504 e. The van der Waals surface area contributed by atoms with Gasteiger partial charge in [-0.05, 0) is 42.7 Å². The van der Waals surface area contributed by atoms with Gasteiger partial charge in [-0.2, -0.15) is 0 Å². The number of carbonyl (C=O) groups is 2. The molecule has 2 aliphatic rings. The highest BCUT2D eigenvalue weighted by Gasteiger charge is 2.36. The highest BCUT2D eigenvalue weighted by molar-refractivity contribution is 8.18. The summed E-state index contributed by atoms with van der Waals surface area (Å²) in [6.45, 7) is 0.506. The van der Waals surface area contributed by atoms with Crippen LogP contribution in [0.25, 0.3) is 6.08 Å². The van der Waals surface area contributed by atoms with Crippen LogP contribution in [0.3, 0.4) is 0 Å². The Balaban J connectivity index is 1.78. The summed E-state index contributed by atoms with van der Waals surface area (Å²) in [5, 5.41) is 9.92. The van der Waals surface area contributed by atoms with Crippen molar-refractivity contribution in [1.82, 2.24) is 4.90 Å². The molecule has 0 spiro atoms. The lowest BCUT2D eigenvalue weighted by atomic mass is 9.89. The maximum absolute atomic E-state index is 12.6. The van der Waals surface area contributed by atoms with E-state index in [2.05, 4.69) is 0 Å². The SMILES string of the molecule is COc1cccc(/C=C2\SC(=O)N(CC3CCCCC3)C2=O)c1O. The third-order valence-corrected chi connectivity index (χ3v) is 5.48. The Morgan fingerprint density at radius 3 is 2.75 bits per heavy atom. The van der Waals surface area contributed by atoms with Gasteiger partial charge in [0.05, 0.1) is 12.0 Å². The normalized spacial score (nSPS) is 20.9. The van der Waals surface area contributed by atoms with Gasteiger partial charge in [-0.25, -0.2) is 0 Å². The molecule has 1 heterocycles. The van der Waals surface area contributed by atoms with E-state index in [1.54, 1.807) is 24.3 Å². The first-order chi connectivity index (χ1) is 11.6. The number of rotatable bonds is 4. The Morgan fingerprint density at radius 1 is 1.29 bits per heavy atom. The first-order valence-corrected chi connectivity index (χ1v) is 9.03. The van der Waals surface area contributed by atoms with Gasteiger partial charge in [0.25, 0.3) is 11.1 Å². The monoisotopic (exact) mass is 347 g/mol. The molecular weight excluding hydrogens is 326 g/mol. The quantitative estimate of drug-likeness (QED) is 0.833. The number of thioether (sulfide) groups is 1. The van der Waals surface area contributed by atoms with Crippen molar-refractivity contribution < 1.29 is 19.4 Å². The smallest absolute Gasteiger partial charge is 0.293 e. The summed E-state index contributed by atoms with van der Waals surface area (Å²) in [5.41, 5.74) is 0.470. The molecule has 5 nitrogen and oxygen atoms in total. The number of ether oxygens (including phenoxy) is 1. The van der Waals surface area contributed by atoms with E-state index in [1.807, 2.05) is 0 Å². The molecular formula is C18H21NO4S. The topological polar surface area (TPSA) is 66.8 Å². The van der Waals surface area contributed by atoms with Gasteiger partial charge < -0.3 is 9.84 Å². The zero-order valence-corrected chi connectivity index (χ0v) is 14.5. The summed E-state index contributed by atoms with van der Waals surface area (Å²) in [6, 6.07) is 5.06. The van der Waals surface area contributed by atoms with E-state index >= 15 is 0 Å². The van der Waals surface area contributed by atoms with Gasteiger partial charge in [0.2, 0.25) is 0 Å². The summed E-state index contributed by atoms with van der Waals surface area (Å²) in [5.74, 6) is 0.457. The Kier molecular flexibility index (Phi) is 5.14. The van der Waals surface area contributed by atoms with Crippen LogP contribution in [0.15, 0.2) is 23.1 Å². The number of imide groups is 1. The zero-order chi connectivity index (χ0) is 17.1. The summed E-state index contributed by atoms with van der Waals surface area (Å²) >= 11 is 0.934. The van der Waals surface area contributed by atoms with Gasteiger partial charge in [-0.1, -0.05) is 31.4 Å². The van der Waals surface area contributed by atoms with Gasteiger partial charge in [-0.15, -0.1) is 0 Å². The fourth-order valence-electron chi connectivity index (χ4n) is 3.25. The molecule has 1 N–H and O–H groups in total. The van der Waals surface area contributed by atoms with Crippen molar-refractivity contribution in [3.63, 3.8) is 0 Å². The number of phenolic OH excluding ortho intramolecular Hbond substituents is 1. The summed E-state index contributed by atoms with van der Waals surface area (Å²) in [6.07, 6.45) is 7.31. The largest absolute Gasteiger partial charge is 0.504 e. The number of para-hydroxylation sites is 1. The van der Waals surface area contributed by atoms with Crippen LogP contribution < -0.4 is 4.74 Å². The average molecular weight is 347 g/mol. The minimum absolute atomic E-state index is 0.0286. The third kappa shape index (κ3) is 3.43. The van der Waals surface area contributed by atoms with E-state index < -0.39 is 0 Å². The third-order valence-electron chi connectivity index (χ3n) is 4.58. The van der Waals surface area contributed by atoms with E-state index in [0.717, 1.165) is 24.6 Å². The molecule has 128 valence electrons. The Morgan fingerprint density at radius 2 is 2.04 bits per heavy atom. The highest BCUT2D eigenvalue weighted by Crippen LogP contribution is 2.37. The summed E-state index contributed by atoms with van der Waals surface area (Å²) < 4.78 is 5.07. The van der Waals surface area contributed by atoms with Crippen LogP contribution in [0, 0.1) is 5.92 Å². The van der Waals surface area contributed by atoms with Crippen molar-refractivity contribution in [3.8, 4) is 11.5 Å². The lowest BCUT2D eigenvalue weighted by molar-refractivity contribution is -0.123. The first-order valence-electron chi connectivity index (χ1n) is 8.21. The van der Waals surface area contributed by atoms with E-state index in [9.17, 15) is 14.7 Å². The lowest BCUT2D eigenvalue weighted by Gasteiger charge is -2.25. The van der Waals surface area contributed by atoms with Crippen LogP contribution in [-0.4, -0.2) is 34.8 Å². The van der Waals surface area contributed by atoms with Crippen LogP contribution in [0.4, 0.5) is 4.79 Å². The number of hydrogen-bond acceptors (Lipinski definition) is 5. The molecule has 0 bridgehead atoms. The maximum Gasteiger partial charge on any atom is 0.293 e. The zero-order valence-electron chi connectivity index (χ0n) is 13.7. The van der Waals surface area contributed by atoms with E-state index in [0.29, 0.717) is 28.7 Å². The molecule has 1 saturated heterocycles. The van der Waals surface area contributed by atoms with Crippen LogP contribution in [0.1, 0.15) is 37.7 Å². The lowest BCUT2D eigenvalue weighted by Crippen LogP contribution is -2.34. The second-order valence-electron chi connectivity index (χ2n) is 6.19. The second-order valence-corrected chi connectivity index (χ2v) is 7.19. The van der Waals surface area contributed by atoms with Crippen LogP contribution >= 0.6 is 11.8 Å². The van der Waals surface area contributed by atoms with Crippen molar-refractivity contribution in [2.75, 3.05) is 13.7 Å². The minimum atomic E-state index is -0.266. The molecule has 2 fully saturated rings. The molecule has 0 aromatic heterocycles. The van der Waals surface area contributed by atoms with E-state index in [4.69, 9.17) is 4.74 Å². The number of benzene rings is 1. The van der Waals surface area contributed by atoms with Gasteiger partial charge in [0.1, 0.15) is 0 Å². The molecule has 24 heavy (non-hydrogen) atoms. The Labute approximate surface area is 145 Å². The van der Waals surface area contributed by atoms with Gasteiger partial charge in [0.15, 0.2) is 11.5 Å². The van der Waals surface area contributed by atoms with Crippen LogP contribution in [-0.2, 0) is 4.79 Å². The molecule has 0 unspecified atom stereocenters. The number of hydrogen-bond donors (Lipinski definition) is 1. The molecule has 0 atom stereocenters. The number of aromatic hydroxyl groups is 1. The fourth-order valence-corrected chi connectivity index (χ4v) is 4.09. The molecule has 1 aliphatic carbocycles. The van der Waals surface area contributed by atoms with Gasteiger partial charge in [-0.3, -0.25) is 14.5 Å². The Bertz CT molecular complexity index is 680. The number of nitrogens with zero attached hydrogens (tertiary/aromatic N) is 1. The number of phenols is 1. The molecule has 1 aliphatic heterocycles. The van der Waals surface area contributed by atoms with Crippen molar-refractivity contribution in [2.24, 2.45) is 5.92 Å². The van der Waals surface area contributed by atoms with Gasteiger partial charge >= 0.3 is 0 Å². The summed E-state index contributed by atoms with van der Waals surface area (Å²) in [7, 11) is 1.47. The number of amides is 2. The fraction of sp³-hybridized carbons (Fsp3) is 0.444. The Hall–Kier alpha value is -1.95. The summed E-state index contributed by atoms with van der Waals surface area (Å²) in [4.78, 5) is 26.5.